The Balaban J connectivity index is 2.51. The molecule has 2 amide bonds. The fourth-order valence-corrected chi connectivity index (χ4v) is 3.04. The molecule has 0 aromatic carbocycles. The zero-order valence-electron chi connectivity index (χ0n) is 15.6. The summed E-state index contributed by atoms with van der Waals surface area (Å²) in [6, 6.07) is 3.88. The van der Waals surface area contributed by atoms with E-state index in [1.165, 1.54) is 17.1 Å². The van der Waals surface area contributed by atoms with Crippen LogP contribution in [-0.4, -0.2) is 48.4 Å². The molecule has 150 valence electrons. The summed E-state index contributed by atoms with van der Waals surface area (Å²) >= 11 is 6.16. The van der Waals surface area contributed by atoms with E-state index in [2.05, 4.69) is 18.1 Å². The molecule has 0 saturated carbocycles. The molecular weight excluding hydrogens is 398 g/mol. The molecule has 0 bridgehead atoms. The monoisotopic (exact) mass is 415 g/mol. The van der Waals surface area contributed by atoms with Crippen LogP contribution >= 0.6 is 11.6 Å². The van der Waals surface area contributed by atoms with Crippen LogP contribution in [0, 0.1) is 22.7 Å². The van der Waals surface area contributed by atoms with E-state index in [1.54, 1.807) is 0 Å². The Morgan fingerprint density at radius 1 is 1.24 bits per heavy atom. The third-order valence-electron chi connectivity index (χ3n) is 4.05. The highest BCUT2D eigenvalue weighted by Gasteiger charge is 2.32. The smallest absolute Gasteiger partial charge is 0.416 e. The number of nitrogens with zero attached hydrogens (tertiary/aromatic N) is 5. The molecule has 0 unspecified atom stereocenters. The lowest BCUT2D eigenvalue weighted by atomic mass is 9.96. The summed E-state index contributed by atoms with van der Waals surface area (Å²) in [5.41, 5.74) is 1.16. The second-order valence-electron chi connectivity index (χ2n) is 5.82. The van der Waals surface area contributed by atoms with Crippen LogP contribution in [0.15, 0.2) is 25.3 Å². The van der Waals surface area contributed by atoms with Crippen molar-refractivity contribution in [1.29, 1.82) is 10.5 Å². The molecular formula is C19H18ClN5O4. The maximum Gasteiger partial charge on any atom is 0.416 e. The average molecular weight is 416 g/mol. The molecule has 1 aliphatic rings. The predicted octanol–water partition coefficient (Wildman–Crippen LogP) is 2.94. The molecule has 10 heteroatoms. The number of rotatable bonds is 6. The second-order valence-corrected chi connectivity index (χ2v) is 6.18. The third-order valence-corrected chi connectivity index (χ3v) is 4.32. The molecule has 29 heavy (non-hydrogen) atoms. The SMILES string of the molecule is C=CCOC(=O)N1CCc2c(C#N)c(Cl)nc(N(CC#N)C(=O)OCC=C)c2C1. The number of aromatic nitrogens is 1. The number of hydrogen-bond donors (Lipinski definition) is 0. The summed E-state index contributed by atoms with van der Waals surface area (Å²) in [6.45, 7) is 6.90. The fraction of sp³-hybridized carbons (Fsp3) is 0.316. The van der Waals surface area contributed by atoms with E-state index in [1.807, 2.05) is 12.1 Å². The molecule has 0 radical (unpaired) electrons. The van der Waals surface area contributed by atoms with Crippen LogP contribution < -0.4 is 4.90 Å². The number of carbonyl (C=O) groups excluding carboxylic acids is 2. The van der Waals surface area contributed by atoms with Crippen molar-refractivity contribution < 1.29 is 19.1 Å². The topological polar surface area (TPSA) is 120 Å². The van der Waals surface area contributed by atoms with Gasteiger partial charge < -0.3 is 14.4 Å². The van der Waals surface area contributed by atoms with Crippen molar-refractivity contribution in [3.8, 4) is 12.1 Å². The van der Waals surface area contributed by atoms with Crippen LogP contribution in [0.3, 0.4) is 0 Å². The van der Waals surface area contributed by atoms with Crippen molar-refractivity contribution in [2.24, 2.45) is 0 Å². The minimum Gasteiger partial charge on any atom is -0.445 e. The molecule has 0 fully saturated rings. The summed E-state index contributed by atoms with van der Waals surface area (Å²) in [5.74, 6) is 0.0563. The van der Waals surface area contributed by atoms with Gasteiger partial charge in [0.05, 0.1) is 18.2 Å². The predicted molar refractivity (Wildman–Crippen MR) is 104 cm³/mol. The van der Waals surface area contributed by atoms with E-state index < -0.39 is 12.2 Å². The van der Waals surface area contributed by atoms with Crippen LogP contribution in [0.5, 0.6) is 0 Å². The van der Waals surface area contributed by atoms with E-state index in [4.69, 9.17) is 26.3 Å². The van der Waals surface area contributed by atoms with Crippen molar-refractivity contribution in [2.75, 3.05) is 31.2 Å². The summed E-state index contributed by atoms with van der Waals surface area (Å²) in [6.07, 6.45) is 1.73. The molecule has 2 heterocycles. The van der Waals surface area contributed by atoms with E-state index in [0.717, 1.165) is 4.90 Å². The minimum absolute atomic E-state index is 0.0240. The van der Waals surface area contributed by atoms with Crippen molar-refractivity contribution >= 4 is 29.6 Å². The first-order chi connectivity index (χ1) is 14.0. The van der Waals surface area contributed by atoms with Crippen molar-refractivity contribution in [3.63, 3.8) is 0 Å². The van der Waals surface area contributed by atoms with Gasteiger partial charge in [-0.3, -0.25) is 0 Å². The Kier molecular flexibility index (Phi) is 7.58. The van der Waals surface area contributed by atoms with Gasteiger partial charge in [0, 0.05) is 12.1 Å². The first-order valence-electron chi connectivity index (χ1n) is 8.54. The standard InChI is InChI=1S/C19H18ClN5O4/c1-3-9-28-18(26)24-7-5-13-14(11-22)16(20)23-17(15(13)12-24)25(8-6-21)19(27)29-10-4-2/h3-4H,1-2,5,7-10,12H2. The van der Waals surface area contributed by atoms with Crippen molar-refractivity contribution in [2.45, 2.75) is 13.0 Å². The quantitative estimate of drug-likeness (QED) is 0.398. The minimum atomic E-state index is -0.826. The summed E-state index contributed by atoms with van der Waals surface area (Å²) in [5, 5.41) is 18.5. The third kappa shape index (κ3) is 4.84. The lowest BCUT2D eigenvalue weighted by Gasteiger charge is -2.31. The molecule has 0 atom stereocenters. The van der Waals surface area contributed by atoms with E-state index in [-0.39, 0.29) is 49.4 Å². The van der Waals surface area contributed by atoms with Gasteiger partial charge >= 0.3 is 12.2 Å². The Hall–Kier alpha value is -3.56. The van der Waals surface area contributed by atoms with Gasteiger partial charge in [-0.2, -0.15) is 10.5 Å². The van der Waals surface area contributed by atoms with Gasteiger partial charge in [0.2, 0.25) is 0 Å². The molecule has 1 aromatic rings. The molecule has 2 rings (SSSR count). The number of carbonyl (C=O) groups is 2. The van der Waals surface area contributed by atoms with E-state index in [9.17, 15) is 14.9 Å². The van der Waals surface area contributed by atoms with Crippen molar-refractivity contribution in [3.05, 3.63) is 47.2 Å². The number of anilines is 1. The van der Waals surface area contributed by atoms with Gasteiger partial charge in [-0.05, 0) is 12.0 Å². The van der Waals surface area contributed by atoms with Crippen LogP contribution in [0.4, 0.5) is 15.4 Å². The molecule has 1 aromatic heterocycles. The first-order valence-corrected chi connectivity index (χ1v) is 8.92. The Morgan fingerprint density at radius 2 is 1.93 bits per heavy atom. The van der Waals surface area contributed by atoms with Gasteiger partial charge in [0.25, 0.3) is 0 Å². The Bertz CT molecular complexity index is 919. The normalized spacial score (nSPS) is 12.0. The highest BCUT2D eigenvalue weighted by Crippen LogP contribution is 2.34. The Morgan fingerprint density at radius 3 is 2.55 bits per heavy atom. The maximum atomic E-state index is 12.4. The number of ether oxygens (including phenoxy) is 2. The highest BCUT2D eigenvalue weighted by atomic mass is 35.5. The molecule has 0 saturated heterocycles. The van der Waals surface area contributed by atoms with Gasteiger partial charge in [0.15, 0.2) is 0 Å². The number of amides is 2. The number of pyridine rings is 1. The second kappa shape index (κ2) is 10.1. The van der Waals surface area contributed by atoms with Crippen LogP contribution in [0.25, 0.3) is 0 Å². The number of hydrogen-bond acceptors (Lipinski definition) is 7. The molecule has 0 N–H and O–H groups in total. The molecule has 0 aliphatic carbocycles. The van der Waals surface area contributed by atoms with E-state index >= 15 is 0 Å². The highest BCUT2D eigenvalue weighted by molar-refractivity contribution is 6.30. The van der Waals surface area contributed by atoms with Gasteiger partial charge in [-0.1, -0.05) is 36.9 Å². The maximum absolute atomic E-state index is 12.4. The average Bonchev–Trinajstić information content (AvgIpc) is 2.73. The van der Waals surface area contributed by atoms with Gasteiger partial charge in [-0.25, -0.2) is 19.5 Å². The van der Waals surface area contributed by atoms with Crippen LogP contribution in [-0.2, 0) is 22.4 Å². The zero-order chi connectivity index (χ0) is 21.4. The lowest BCUT2D eigenvalue weighted by molar-refractivity contribution is 0.107. The number of fused-ring (bicyclic) bond motifs is 1. The van der Waals surface area contributed by atoms with Gasteiger partial charge in [-0.15, -0.1) is 0 Å². The summed E-state index contributed by atoms with van der Waals surface area (Å²) in [4.78, 5) is 31.3. The lowest BCUT2D eigenvalue weighted by Crippen LogP contribution is -2.40. The van der Waals surface area contributed by atoms with Gasteiger partial charge in [0.1, 0.15) is 36.8 Å². The van der Waals surface area contributed by atoms with Crippen molar-refractivity contribution in [1.82, 2.24) is 9.88 Å². The first kappa shape index (κ1) is 21.7. The zero-order valence-corrected chi connectivity index (χ0v) is 16.3. The van der Waals surface area contributed by atoms with E-state index in [0.29, 0.717) is 17.5 Å². The summed E-state index contributed by atoms with van der Waals surface area (Å²) < 4.78 is 10.1. The molecule has 1 aliphatic heterocycles. The summed E-state index contributed by atoms with van der Waals surface area (Å²) in [7, 11) is 0. The van der Waals surface area contributed by atoms with Crippen LogP contribution in [0.2, 0.25) is 5.15 Å². The number of halogens is 1. The molecule has 0 spiro atoms. The largest absolute Gasteiger partial charge is 0.445 e. The molecule has 9 nitrogen and oxygen atoms in total. The Labute approximate surface area is 173 Å². The fourth-order valence-electron chi connectivity index (χ4n) is 2.80. The van der Waals surface area contributed by atoms with Crippen LogP contribution in [0.1, 0.15) is 16.7 Å². The number of nitriles is 2.